The van der Waals surface area contributed by atoms with E-state index >= 15 is 0 Å². The summed E-state index contributed by atoms with van der Waals surface area (Å²) in [6.45, 7) is 7.12. The van der Waals surface area contributed by atoms with Gasteiger partial charge in [-0.1, -0.05) is 0 Å². The van der Waals surface area contributed by atoms with Crippen LogP contribution in [0.1, 0.15) is 28.6 Å². The van der Waals surface area contributed by atoms with E-state index in [1.165, 1.54) is 0 Å². The molecule has 0 atom stereocenters. The van der Waals surface area contributed by atoms with Gasteiger partial charge in [-0.25, -0.2) is 14.5 Å². The topological polar surface area (TPSA) is 68.2 Å². The quantitative estimate of drug-likeness (QED) is 0.785. The fraction of sp³-hybridized carbons (Fsp3) is 0.357. The number of nitrogens with zero attached hydrogens (tertiary/aromatic N) is 4. The van der Waals surface area contributed by atoms with Crippen LogP contribution >= 0.6 is 0 Å². The molecule has 0 aliphatic carbocycles. The molecule has 0 amide bonds. The Kier molecular flexibility index (Phi) is 3.23. The Bertz CT molecular complexity index is 724. The van der Waals surface area contributed by atoms with E-state index in [-0.39, 0.29) is 0 Å². The van der Waals surface area contributed by atoms with E-state index < -0.39 is 0 Å². The van der Waals surface area contributed by atoms with Crippen molar-refractivity contribution in [3.63, 3.8) is 0 Å². The van der Waals surface area contributed by atoms with Gasteiger partial charge in [-0.3, -0.25) is 0 Å². The van der Waals surface area contributed by atoms with Gasteiger partial charge in [-0.05, 0) is 20.8 Å². The lowest BCUT2D eigenvalue weighted by Gasteiger charge is -2.02. The van der Waals surface area contributed by atoms with Crippen LogP contribution < -0.4 is 5.32 Å². The summed E-state index contributed by atoms with van der Waals surface area (Å²) in [6.07, 6.45) is 3.84. The maximum Gasteiger partial charge on any atom is 0.208 e. The van der Waals surface area contributed by atoms with Gasteiger partial charge < -0.3 is 9.73 Å². The van der Waals surface area contributed by atoms with Gasteiger partial charge in [0.15, 0.2) is 5.65 Å². The molecule has 6 nitrogen and oxygen atoms in total. The molecule has 6 heteroatoms. The molecule has 20 heavy (non-hydrogen) atoms. The van der Waals surface area contributed by atoms with Gasteiger partial charge in [0.1, 0.15) is 5.76 Å². The van der Waals surface area contributed by atoms with E-state index in [2.05, 4.69) is 20.4 Å². The van der Waals surface area contributed by atoms with Crippen molar-refractivity contribution in [2.45, 2.75) is 33.9 Å². The zero-order valence-electron chi connectivity index (χ0n) is 11.8. The van der Waals surface area contributed by atoms with Crippen LogP contribution in [0.4, 0.5) is 0 Å². The summed E-state index contributed by atoms with van der Waals surface area (Å²) in [5, 5.41) is 7.64. The molecule has 3 aromatic heterocycles. The summed E-state index contributed by atoms with van der Waals surface area (Å²) in [6, 6.07) is 1.95. The molecule has 0 radical (unpaired) electrons. The van der Waals surface area contributed by atoms with E-state index in [1.54, 1.807) is 4.52 Å². The van der Waals surface area contributed by atoms with Crippen molar-refractivity contribution >= 4 is 5.65 Å². The highest BCUT2D eigenvalue weighted by Crippen LogP contribution is 2.08. The summed E-state index contributed by atoms with van der Waals surface area (Å²) in [7, 11) is 0. The molecule has 0 aliphatic rings. The summed E-state index contributed by atoms with van der Waals surface area (Å²) in [5.74, 6) is 1.58. The van der Waals surface area contributed by atoms with Crippen LogP contribution in [0.3, 0.4) is 0 Å². The first-order valence-corrected chi connectivity index (χ1v) is 6.56. The van der Waals surface area contributed by atoms with Gasteiger partial charge in [0, 0.05) is 30.6 Å². The number of hydrogen-bond acceptors (Lipinski definition) is 5. The average Bonchev–Trinajstić information content (AvgIpc) is 2.91. The molecule has 0 aliphatic heterocycles. The van der Waals surface area contributed by atoms with Crippen molar-refractivity contribution in [3.8, 4) is 0 Å². The predicted octanol–water partition coefficient (Wildman–Crippen LogP) is 1.93. The lowest BCUT2D eigenvalue weighted by atomic mass is 10.3. The normalized spacial score (nSPS) is 11.3. The fourth-order valence-corrected chi connectivity index (χ4v) is 2.05. The van der Waals surface area contributed by atoms with Crippen molar-refractivity contribution < 1.29 is 4.42 Å². The second kappa shape index (κ2) is 5.05. The van der Waals surface area contributed by atoms with Gasteiger partial charge >= 0.3 is 0 Å². The predicted molar refractivity (Wildman–Crippen MR) is 74.2 cm³/mol. The number of fused-ring (bicyclic) bond motifs is 1. The maximum atomic E-state index is 5.52. The largest absolute Gasteiger partial charge is 0.444 e. The van der Waals surface area contributed by atoms with Crippen LogP contribution in [0.25, 0.3) is 5.65 Å². The van der Waals surface area contributed by atoms with E-state index in [0.717, 1.165) is 28.4 Å². The van der Waals surface area contributed by atoms with E-state index in [9.17, 15) is 0 Å². The number of oxazole rings is 1. The Morgan fingerprint density at radius 2 is 2.10 bits per heavy atom. The third-order valence-corrected chi connectivity index (χ3v) is 3.17. The zero-order valence-corrected chi connectivity index (χ0v) is 11.8. The van der Waals surface area contributed by atoms with Crippen LogP contribution in [0.2, 0.25) is 0 Å². The summed E-state index contributed by atoms with van der Waals surface area (Å²) >= 11 is 0. The molecule has 0 fully saturated rings. The Hall–Kier alpha value is -2.21. The van der Waals surface area contributed by atoms with Crippen LogP contribution in [0.5, 0.6) is 0 Å². The smallest absolute Gasteiger partial charge is 0.208 e. The minimum absolute atomic E-state index is 0.602. The second-order valence-corrected chi connectivity index (χ2v) is 4.90. The molecule has 3 heterocycles. The molecular formula is C14H17N5O. The molecule has 0 unspecified atom stereocenters. The summed E-state index contributed by atoms with van der Waals surface area (Å²) in [4.78, 5) is 8.70. The first kappa shape index (κ1) is 12.8. The molecule has 0 saturated heterocycles. The van der Waals surface area contributed by atoms with E-state index in [0.29, 0.717) is 19.0 Å². The Morgan fingerprint density at radius 1 is 1.25 bits per heavy atom. The van der Waals surface area contributed by atoms with Gasteiger partial charge in [0.05, 0.1) is 17.9 Å². The average molecular weight is 271 g/mol. The number of aryl methyl sites for hydroxylation is 3. The standard InChI is InChI=1S/C14H17N5O/c1-9-4-13-16-6-12(8-19(13)18-9)5-15-7-14-17-10(2)11(3)20-14/h4,6,8,15H,5,7H2,1-3H3. The van der Waals surface area contributed by atoms with Crippen LogP contribution in [-0.4, -0.2) is 19.6 Å². The van der Waals surface area contributed by atoms with Crippen molar-refractivity contribution in [2.75, 3.05) is 0 Å². The highest BCUT2D eigenvalue weighted by atomic mass is 16.4. The van der Waals surface area contributed by atoms with Gasteiger partial charge in [-0.15, -0.1) is 0 Å². The lowest BCUT2D eigenvalue weighted by Crippen LogP contribution is -2.13. The molecule has 0 spiro atoms. The number of hydrogen-bond donors (Lipinski definition) is 1. The Labute approximate surface area is 116 Å². The SMILES string of the molecule is Cc1cc2ncc(CNCc3nc(C)c(C)o3)cn2n1. The highest BCUT2D eigenvalue weighted by molar-refractivity contribution is 5.38. The highest BCUT2D eigenvalue weighted by Gasteiger charge is 2.05. The summed E-state index contributed by atoms with van der Waals surface area (Å²) in [5.41, 5.74) is 3.84. The minimum Gasteiger partial charge on any atom is -0.444 e. The van der Waals surface area contributed by atoms with Crippen molar-refractivity contribution in [1.29, 1.82) is 0 Å². The third-order valence-electron chi connectivity index (χ3n) is 3.17. The minimum atomic E-state index is 0.602. The van der Waals surface area contributed by atoms with Crippen molar-refractivity contribution in [1.82, 2.24) is 24.9 Å². The third kappa shape index (κ3) is 2.55. The molecule has 1 N–H and O–H groups in total. The van der Waals surface area contributed by atoms with Crippen molar-refractivity contribution in [3.05, 3.63) is 47.1 Å². The molecular weight excluding hydrogens is 254 g/mol. The van der Waals surface area contributed by atoms with Gasteiger partial charge in [0.25, 0.3) is 0 Å². The number of aromatic nitrogens is 4. The van der Waals surface area contributed by atoms with E-state index in [1.807, 2.05) is 39.2 Å². The number of rotatable bonds is 4. The molecule has 0 aromatic carbocycles. The Morgan fingerprint density at radius 3 is 2.85 bits per heavy atom. The second-order valence-electron chi connectivity index (χ2n) is 4.90. The van der Waals surface area contributed by atoms with Crippen molar-refractivity contribution in [2.24, 2.45) is 0 Å². The van der Waals surface area contributed by atoms with E-state index in [4.69, 9.17) is 4.42 Å². The van der Waals surface area contributed by atoms with Crippen LogP contribution in [0, 0.1) is 20.8 Å². The monoisotopic (exact) mass is 271 g/mol. The van der Waals surface area contributed by atoms with Crippen LogP contribution in [0.15, 0.2) is 22.9 Å². The zero-order chi connectivity index (χ0) is 14.1. The van der Waals surface area contributed by atoms with Gasteiger partial charge in [0.2, 0.25) is 5.89 Å². The lowest BCUT2D eigenvalue weighted by molar-refractivity contribution is 0.448. The molecule has 0 bridgehead atoms. The molecule has 3 aromatic rings. The van der Waals surface area contributed by atoms with Gasteiger partial charge in [-0.2, -0.15) is 5.10 Å². The first-order chi connectivity index (χ1) is 9.61. The maximum absolute atomic E-state index is 5.52. The molecule has 0 saturated carbocycles. The van der Waals surface area contributed by atoms with Crippen LogP contribution in [-0.2, 0) is 13.1 Å². The number of nitrogens with one attached hydrogen (secondary N) is 1. The first-order valence-electron chi connectivity index (χ1n) is 6.56. The summed E-state index contributed by atoms with van der Waals surface area (Å²) < 4.78 is 7.32. The molecule has 3 rings (SSSR count). The fourth-order valence-electron chi connectivity index (χ4n) is 2.05. The Balaban J connectivity index is 1.64. The molecule has 104 valence electrons.